The number of nitrogens with zero attached hydrogens (tertiary/aromatic N) is 4. The molecule has 0 aliphatic carbocycles. The van der Waals surface area contributed by atoms with Gasteiger partial charge in [-0.05, 0) is 25.3 Å². The molecule has 21 heavy (non-hydrogen) atoms. The summed E-state index contributed by atoms with van der Waals surface area (Å²) in [5.41, 5.74) is 0.698. The molecule has 0 spiro atoms. The lowest BCUT2D eigenvalue weighted by Crippen LogP contribution is -2.42. The first-order valence-electron chi connectivity index (χ1n) is 6.97. The molecule has 1 aliphatic heterocycles. The molecule has 0 radical (unpaired) electrons. The van der Waals surface area contributed by atoms with Gasteiger partial charge in [-0.25, -0.2) is 9.97 Å². The molecule has 7 nitrogen and oxygen atoms in total. The molecule has 1 unspecified atom stereocenters. The van der Waals surface area contributed by atoms with E-state index in [-0.39, 0.29) is 18.3 Å². The Bertz CT molecular complexity index is 676. The number of fused-ring (bicyclic) bond motifs is 1. The van der Waals surface area contributed by atoms with E-state index in [1.807, 2.05) is 4.90 Å². The number of anilines is 1. The maximum absolute atomic E-state index is 11.0. The van der Waals surface area contributed by atoms with E-state index in [2.05, 4.69) is 9.97 Å². The van der Waals surface area contributed by atoms with Crippen LogP contribution >= 0.6 is 0 Å². The molecule has 2 aromatic rings. The molecular weight excluding hydrogens is 272 g/mol. The lowest BCUT2D eigenvalue weighted by molar-refractivity contribution is -0.384. The minimum Gasteiger partial charge on any atom is -0.394 e. The summed E-state index contributed by atoms with van der Waals surface area (Å²) in [6.45, 7) is 0.848. The minimum atomic E-state index is -0.421. The predicted molar refractivity (Wildman–Crippen MR) is 78.3 cm³/mol. The first kappa shape index (κ1) is 13.7. The number of non-ortho nitro benzene ring substituents is 1. The van der Waals surface area contributed by atoms with Gasteiger partial charge in [0.25, 0.3) is 5.69 Å². The molecule has 1 aromatic carbocycles. The fraction of sp³-hybridized carbons (Fsp3) is 0.429. The predicted octanol–water partition coefficient (Wildman–Crippen LogP) is 1.89. The summed E-state index contributed by atoms with van der Waals surface area (Å²) in [5.74, 6) is 0.669. The molecule has 1 aromatic heterocycles. The van der Waals surface area contributed by atoms with E-state index in [4.69, 9.17) is 0 Å². The monoisotopic (exact) mass is 288 g/mol. The Morgan fingerprint density at radius 3 is 3.00 bits per heavy atom. The average Bonchev–Trinajstić information content (AvgIpc) is 2.53. The largest absolute Gasteiger partial charge is 0.394 e. The molecule has 110 valence electrons. The molecule has 0 saturated carbocycles. The third-order valence-corrected chi connectivity index (χ3v) is 3.92. The van der Waals surface area contributed by atoms with Crippen molar-refractivity contribution in [3.05, 3.63) is 34.6 Å². The first-order valence-corrected chi connectivity index (χ1v) is 6.97. The van der Waals surface area contributed by atoms with E-state index in [0.717, 1.165) is 25.8 Å². The number of rotatable bonds is 3. The summed E-state index contributed by atoms with van der Waals surface area (Å²) in [4.78, 5) is 21.1. The Labute approximate surface area is 121 Å². The molecule has 0 amide bonds. The SMILES string of the molecule is O=[N+]([O-])c1ccc2ncnc(N3CCCCC3CO)c2c1. The van der Waals surface area contributed by atoms with Crippen molar-refractivity contribution in [3.8, 4) is 0 Å². The van der Waals surface area contributed by atoms with Crippen LogP contribution in [0.15, 0.2) is 24.5 Å². The van der Waals surface area contributed by atoms with Crippen molar-refractivity contribution in [1.29, 1.82) is 0 Å². The van der Waals surface area contributed by atoms with E-state index in [1.165, 1.54) is 18.5 Å². The normalized spacial score (nSPS) is 18.9. The number of hydrogen-bond acceptors (Lipinski definition) is 6. The third kappa shape index (κ3) is 2.52. The van der Waals surface area contributed by atoms with Gasteiger partial charge in [-0.3, -0.25) is 10.1 Å². The molecule has 7 heteroatoms. The summed E-state index contributed by atoms with van der Waals surface area (Å²) in [6, 6.07) is 4.60. The molecular formula is C14H16N4O3. The second kappa shape index (κ2) is 5.61. The summed E-state index contributed by atoms with van der Waals surface area (Å²) >= 11 is 0. The van der Waals surface area contributed by atoms with E-state index in [9.17, 15) is 15.2 Å². The number of aliphatic hydroxyl groups is 1. The molecule has 1 fully saturated rings. The quantitative estimate of drug-likeness (QED) is 0.685. The zero-order chi connectivity index (χ0) is 14.8. The summed E-state index contributed by atoms with van der Waals surface area (Å²) < 4.78 is 0. The van der Waals surface area contributed by atoms with Crippen molar-refractivity contribution in [2.24, 2.45) is 0 Å². The lowest BCUT2D eigenvalue weighted by Gasteiger charge is -2.36. The average molecular weight is 288 g/mol. The standard InChI is InChI=1S/C14H16N4O3/c19-8-11-3-1-2-6-17(11)14-12-7-10(18(20)21)4-5-13(12)15-9-16-14/h4-5,7,9,11,19H,1-3,6,8H2. The Hall–Kier alpha value is -2.28. The van der Waals surface area contributed by atoms with Crippen LogP contribution in [0, 0.1) is 10.1 Å². The van der Waals surface area contributed by atoms with Gasteiger partial charge in [0.05, 0.1) is 23.1 Å². The smallest absolute Gasteiger partial charge is 0.270 e. The molecule has 1 N–H and O–H groups in total. The Kier molecular flexibility index (Phi) is 3.66. The highest BCUT2D eigenvalue weighted by Gasteiger charge is 2.25. The van der Waals surface area contributed by atoms with Crippen LogP contribution in [-0.2, 0) is 0 Å². The van der Waals surface area contributed by atoms with Gasteiger partial charge in [-0.15, -0.1) is 0 Å². The van der Waals surface area contributed by atoms with Gasteiger partial charge in [0.2, 0.25) is 0 Å². The van der Waals surface area contributed by atoms with E-state index in [0.29, 0.717) is 16.7 Å². The minimum absolute atomic E-state index is 0.0103. The number of aromatic nitrogens is 2. The van der Waals surface area contributed by atoms with Gasteiger partial charge in [0.15, 0.2) is 0 Å². The van der Waals surface area contributed by atoms with Crippen molar-refractivity contribution in [2.75, 3.05) is 18.1 Å². The highest BCUT2D eigenvalue weighted by atomic mass is 16.6. The van der Waals surface area contributed by atoms with Crippen molar-refractivity contribution in [2.45, 2.75) is 25.3 Å². The van der Waals surface area contributed by atoms with Crippen LogP contribution in [-0.4, -0.2) is 39.2 Å². The van der Waals surface area contributed by atoms with Crippen molar-refractivity contribution < 1.29 is 10.0 Å². The van der Waals surface area contributed by atoms with Crippen LogP contribution in [0.5, 0.6) is 0 Å². The number of hydrogen-bond donors (Lipinski definition) is 1. The number of nitro groups is 1. The van der Waals surface area contributed by atoms with E-state index in [1.54, 1.807) is 6.07 Å². The fourth-order valence-corrected chi connectivity index (χ4v) is 2.84. The topological polar surface area (TPSA) is 92.4 Å². The number of benzene rings is 1. The maximum atomic E-state index is 11.0. The maximum Gasteiger partial charge on any atom is 0.270 e. The summed E-state index contributed by atoms with van der Waals surface area (Å²) in [6.07, 6.45) is 4.46. The third-order valence-electron chi connectivity index (χ3n) is 3.92. The number of aliphatic hydroxyl groups excluding tert-OH is 1. The molecule has 1 aliphatic rings. The van der Waals surface area contributed by atoms with Gasteiger partial charge in [-0.1, -0.05) is 0 Å². The zero-order valence-corrected chi connectivity index (χ0v) is 11.5. The van der Waals surface area contributed by atoms with Crippen molar-refractivity contribution >= 4 is 22.4 Å². The second-order valence-corrected chi connectivity index (χ2v) is 5.18. The highest BCUT2D eigenvalue weighted by Crippen LogP contribution is 2.30. The van der Waals surface area contributed by atoms with E-state index < -0.39 is 4.92 Å². The molecule has 3 rings (SSSR count). The lowest BCUT2D eigenvalue weighted by atomic mass is 10.0. The van der Waals surface area contributed by atoms with Gasteiger partial charge in [0, 0.05) is 24.1 Å². The number of nitro benzene ring substituents is 1. The van der Waals surface area contributed by atoms with Crippen LogP contribution in [0.25, 0.3) is 10.9 Å². The molecule has 2 heterocycles. The Morgan fingerprint density at radius 2 is 2.24 bits per heavy atom. The summed E-state index contributed by atoms with van der Waals surface area (Å²) in [7, 11) is 0. The van der Waals surface area contributed by atoms with Gasteiger partial charge >= 0.3 is 0 Å². The van der Waals surface area contributed by atoms with Crippen LogP contribution in [0.2, 0.25) is 0 Å². The Balaban J connectivity index is 2.12. The van der Waals surface area contributed by atoms with E-state index >= 15 is 0 Å². The summed E-state index contributed by atoms with van der Waals surface area (Å²) in [5, 5.41) is 21.2. The number of piperidine rings is 1. The van der Waals surface area contributed by atoms with Gasteiger partial charge < -0.3 is 10.0 Å². The molecule has 1 saturated heterocycles. The highest BCUT2D eigenvalue weighted by molar-refractivity contribution is 5.91. The zero-order valence-electron chi connectivity index (χ0n) is 11.5. The van der Waals surface area contributed by atoms with Gasteiger partial charge in [-0.2, -0.15) is 0 Å². The van der Waals surface area contributed by atoms with Crippen LogP contribution in [0.3, 0.4) is 0 Å². The first-order chi connectivity index (χ1) is 10.2. The van der Waals surface area contributed by atoms with Crippen LogP contribution in [0.1, 0.15) is 19.3 Å². The van der Waals surface area contributed by atoms with Crippen LogP contribution < -0.4 is 4.90 Å². The fourth-order valence-electron chi connectivity index (χ4n) is 2.84. The second-order valence-electron chi connectivity index (χ2n) is 5.18. The van der Waals surface area contributed by atoms with Crippen molar-refractivity contribution in [3.63, 3.8) is 0 Å². The molecule has 1 atom stereocenters. The Morgan fingerprint density at radius 1 is 1.38 bits per heavy atom. The van der Waals surface area contributed by atoms with Crippen LogP contribution in [0.4, 0.5) is 11.5 Å². The molecule has 0 bridgehead atoms. The van der Waals surface area contributed by atoms with Gasteiger partial charge in [0.1, 0.15) is 12.1 Å². The van der Waals surface area contributed by atoms with Crippen molar-refractivity contribution in [1.82, 2.24) is 9.97 Å².